The van der Waals surface area contributed by atoms with E-state index in [0.29, 0.717) is 13.2 Å². The molecule has 0 aliphatic heterocycles. The highest BCUT2D eigenvalue weighted by Gasteiger charge is 2.16. The van der Waals surface area contributed by atoms with Crippen LogP contribution >= 0.6 is 0 Å². The fourth-order valence-corrected chi connectivity index (χ4v) is 2.14. The van der Waals surface area contributed by atoms with Crippen LogP contribution < -0.4 is 5.32 Å². The van der Waals surface area contributed by atoms with Gasteiger partial charge in [-0.1, -0.05) is 0 Å². The summed E-state index contributed by atoms with van der Waals surface area (Å²) in [5.74, 6) is 1.01. The molecular weight excluding hydrogens is 230 g/mol. The van der Waals surface area contributed by atoms with Gasteiger partial charge in [-0.05, 0) is 25.7 Å². The Labute approximate surface area is 108 Å². The predicted molar refractivity (Wildman–Crippen MR) is 69.9 cm³/mol. The van der Waals surface area contributed by atoms with E-state index in [4.69, 9.17) is 9.47 Å². The Morgan fingerprint density at radius 2 is 2.17 bits per heavy atom. The van der Waals surface area contributed by atoms with Crippen molar-refractivity contribution < 1.29 is 9.47 Å². The first-order valence-corrected chi connectivity index (χ1v) is 6.55. The van der Waals surface area contributed by atoms with Crippen molar-refractivity contribution in [3.63, 3.8) is 0 Å². The fourth-order valence-electron chi connectivity index (χ4n) is 2.14. The monoisotopic (exact) mass is 251 g/mol. The van der Waals surface area contributed by atoms with Gasteiger partial charge in [-0.3, -0.25) is 0 Å². The normalized spacial score (nSPS) is 13.6. The SMILES string of the molecule is COCCOCCCNc1ncnc2c1CCC2. The minimum absolute atomic E-state index is 0.660. The zero-order valence-corrected chi connectivity index (χ0v) is 10.9. The average molecular weight is 251 g/mol. The lowest BCUT2D eigenvalue weighted by Crippen LogP contribution is -2.10. The smallest absolute Gasteiger partial charge is 0.132 e. The molecule has 100 valence electrons. The molecule has 1 aromatic heterocycles. The van der Waals surface area contributed by atoms with Crippen LogP contribution in [0.4, 0.5) is 5.82 Å². The van der Waals surface area contributed by atoms with E-state index in [1.807, 2.05) is 0 Å². The highest BCUT2D eigenvalue weighted by Crippen LogP contribution is 2.24. The minimum Gasteiger partial charge on any atom is -0.382 e. The zero-order chi connectivity index (χ0) is 12.6. The maximum Gasteiger partial charge on any atom is 0.132 e. The Kier molecular flexibility index (Phi) is 5.36. The van der Waals surface area contributed by atoms with E-state index in [1.165, 1.54) is 17.7 Å². The molecule has 1 aliphatic rings. The topological polar surface area (TPSA) is 56.3 Å². The molecule has 5 nitrogen and oxygen atoms in total. The molecule has 0 amide bonds. The predicted octanol–water partition coefficient (Wildman–Crippen LogP) is 1.43. The molecule has 0 saturated carbocycles. The lowest BCUT2D eigenvalue weighted by molar-refractivity contribution is 0.0705. The van der Waals surface area contributed by atoms with E-state index >= 15 is 0 Å². The number of hydrogen-bond acceptors (Lipinski definition) is 5. The van der Waals surface area contributed by atoms with Crippen molar-refractivity contribution in [2.45, 2.75) is 25.7 Å². The van der Waals surface area contributed by atoms with E-state index in [1.54, 1.807) is 13.4 Å². The number of methoxy groups -OCH3 is 1. The van der Waals surface area contributed by atoms with Crippen LogP contribution in [0.1, 0.15) is 24.1 Å². The van der Waals surface area contributed by atoms with Gasteiger partial charge in [-0.15, -0.1) is 0 Å². The summed E-state index contributed by atoms with van der Waals surface area (Å²) in [6, 6.07) is 0. The van der Waals surface area contributed by atoms with Crippen LogP contribution in [0.15, 0.2) is 6.33 Å². The molecule has 18 heavy (non-hydrogen) atoms. The van der Waals surface area contributed by atoms with Crippen molar-refractivity contribution in [3.8, 4) is 0 Å². The highest BCUT2D eigenvalue weighted by atomic mass is 16.5. The standard InChI is InChI=1S/C13H21N3O2/c1-17-8-9-18-7-3-6-14-13-11-4-2-5-12(11)15-10-16-13/h10H,2-9H2,1H3,(H,14,15,16). The lowest BCUT2D eigenvalue weighted by Gasteiger charge is -2.09. The van der Waals surface area contributed by atoms with Crippen LogP contribution in [0.3, 0.4) is 0 Å². The van der Waals surface area contributed by atoms with Crippen LogP contribution in [0.25, 0.3) is 0 Å². The number of aromatic nitrogens is 2. The number of nitrogens with one attached hydrogen (secondary N) is 1. The summed E-state index contributed by atoms with van der Waals surface area (Å²) < 4.78 is 10.3. The van der Waals surface area contributed by atoms with Gasteiger partial charge in [-0.2, -0.15) is 0 Å². The number of hydrogen-bond donors (Lipinski definition) is 1. The molecule has 1 N–H and O–H groups in total. The van der Waals surface area contributed by atoms with Gasteiger partial charge in [0.25, 0.3) is 0 Å². The molecule has 2 rings (SSSR count). The molecule has 0 fully saturated rings. The van der Waals surface area contributed by atoms with Gasteiger partial charge in [0.05, 0.1) is 13.2 Å². The summed E-state index contributed by atoms with van der Waals surface area (Å²) in [4.78, 5) is 8.62. The van der Waals surface area contributed by atoms with Crippen molar-refractivity contribution in [2.75, 3.05) is 38.8 Å². The second-order valence-corrected chi connectivity index (χ2v) is 4.39. The Bertz CT molecular complexity index is 371. The summed E-state index contributed by atoms with van der Waals surface area (Å²) in [6.07, 6.45) is 6.02. The van der Waals surface area contributed by atoms with Crippen molar-refractivity contribution in [1.82, 2.24) is 9.97 Å². The third-order valence-corrected chi connectivity index (χ3v) is 3.06. The highest BCUT2D eigenvalue weighted by molar-refractivity contribution is 5.47. The zero-order valence-electron chi connectivity index (χ0n) is 10.9. The van der Waals surface area contributed by atoms with Gasteiger partial charge in [-0.25, -0.2) is 9.97 Å². The number of anilines is 1. The third kappa shape index (κ3) is 3.65. The average Bonchev–Trinajstić information content (AvgIpc) is 2.86. The quantitative estimate of drug-likeness (QED) is 0.708. The van der Waals surface area contributed by atoms with Crippen molar-refractivity contribution in [2.24, 2.45) is 0 Å². The number of aryl methyl sites for hydroxylation is 1. The first-order valence-electron chi connectivity index (χ1n) is 6.55. The van der Waals surface area contributed by atoms with Crippen molar-refractivity contribution in [1.29, 1.82) is 0 Å². The Balaban J connectivity index is 1.66. The minimum atomic E-state index is 0.660. The van der Waals surface area contributed by atoms with E-state index < -0.39 is 0 Å². The molecule has 0 unspecified atom stereocenters. The number of rotatable bonds is 8. The van der Waals surface area contributed by atoms with Crippen LogP contribution in [-0.2, 0) is 22.3 Å². The van der Waals surface area contributed by atoms with E-state index in [-0.39, 0.29) is 0 Å². The second-order valence-electron chi connectivity index (χ2n) is 4.39. The molecular formula is C13H21N3O2. The molecule has 1 heterocycles. The van der Waals surface area contributed by atoms with Crippen LogP contribution in [0.2, 0.25) is 0 Å². The van der Waals surface area contributed by atoms with Crippen LogP contribution in [0, 0.1) is 0 Å². The summed E-state index contributed by atoms with van der Waals surface area (Å²) in [7, 11) is 1.68. The van der Waals surface area contributed by atoms with Crippen molar-refractivity contribution in [3.05, 3.63) is 17.6 Å². The van der Waals surface area contributed by atoms with Gasteiger partial charge >= 0.3 is 0 Å². The first-order chi connectivity index (χ1) is 8.92. The lowest BCUT2D eigenvalue weighted by atomic mass is 10.2. The van der Waals surface area contributed by atoms with E-state index in [0.717, 1.165) is 38.2 Å². The summed E-state index contributed by atoms with van der Waals surface area (Å²) in [5, 5.41) is 3.37. The van der Waals surface area contributed by atoms with E-state index in [9.17, 15) is 0 Å². The Morgan fingerprint density at radius 3 is 3.06 bits per heavy atom. The molecule has 1 aromatic rings. The molecule has 0 saturated heterocycles. The number of fused-ring (bicyclic) bond motifs is 1. The largest absolute Gasteiger partial charge is 0.382 e. The molecule has 1 aliphatic carbocycles. The fraction of sp³-hybridized carbons (Fsp3) is 0.692. The molecule has 0 aromatic carbocycles. The van der Waals surface area contributed by atoms with Crippen molar-refractivity contribution >= 4 is 5.82 Å². The van der Waals surface area contributed by atoms with Gasteiger partial charge in [0.15, 0.2) is 0 Å². The van der Waals surface area contributed by atoms with E-state index in [2.05, 4.69) is 15.3 Å². The maximum atomic E-state index is 5.41. The summed E-state index contributed by atoms with van der Waals surface area (Å²) >= 11 is 0. The van der Waals surface area contributed by atoms with Crippen LogP contribution in [-0.4, -0.2) is 43.4 Å². The number of nitrogens with zero attached hydrogens (tertiary/aromatic N) is 2. The molecule has 0 bridgehead atoms. The number of ether oxygens (including phenoxy) is 2. The Morgan fingerprint density at radius 1 is 1.22 bits per heavy atom. The first kappa shape index (κ1) is 13.2. The molecule has 5 heteroatoms. The molecule has 0 spiro atoms. The van der Waals surface area contributed by atoms with Gasteiger partial charge in [0.2, 0.25) is 0 Å². The molecule has 0 radical (unpaired) electrons. The summed E-state index contributed by atoms with van der Waals surface area (Å²) in [6.45, 7) is 2.96. The maximum absolute atomic E-state index is 5.41. The molecule has 0 atom stereocenters. The van der Waals surface area contributed by atoms with Gasteiger partial charge in [0.1, 0.15) is 12.1 Å². The third-order valence-electron chi connectivity index (χ3n) is 3.06. The summed E-state index contributed by atoms with van der Waals surface area (Å²) in [5.41, 5.74) is 2.52. The van der Waals surface area contributed by atoms with Gasteiger partial charge in [0, 0.05) is 31.5 Å². The van der Waals surface area contributed by atoms with Gasteiger partial charge < -0.3 is 14.8 Å². The second kappa shape index (κ2) is 7.28. The Hall–Kier alpha value is -1.20. The van der Waals surface area contributed by atoms with Crippen LogP contribution in [0.5, 0.6) is 0 Å².